The smallest absolute Gasteiger partial charge is 0.242 e. The van der Waals surface area contributed by atoms with Crippen molar-refractivity contribution in [3.63, 3.8) is 0 Å². The molecule has 4 aromatic carbocycles. The summed E-state index contributed by atoms with van der Waals surface area (Å²) in [4.78, 5) is 13.7. The molecule has 5 aromatic rings. The molecule has 0 saturated carbocycles. The lowest BCUT2D eigenvalue weighted by Gasteiger charge is -2.41. The predicted octanol–water partition coefficient (Wildman–Crippen LogP) is 5.12. The summed E-state index contributed by atoms with van der Waals surface area (Å²) in [5, 5.41) is 24.9. The maximum atomic E-state index is 13.7. The van der Waals surface area contributed by atoms with Gasteiger partial charge in [-0.15, -0.1) is 5.10 Å². The first-order valence-electron chi connectivity index (χ1n) is 16.5. The lowest BCUT2D eigenvalue weighted by Crippen LogP contribution is -2.45. The van der Waals surface area contributed by atoms with Crippen LogP contribution in [0.2, 0.25) is 0 Å². The minimum Gasteiger partial charge on any atom is -0.392 e. The maximum absolute atomic E-state index is 13.7. The molecule has 3 N–H and O–H groups in total. The number of rotatable bonds is 13. The highest BCUT2D eigenvalue weighted by molar-refractivity contribution is 7.99. The first kappa shape index (κ1) is 36.4. The molecule has 2 heterocycles. The Hall–Kier alpha value is -4.44. The van der Waals surface area contributed by atoms with E-state index in [4.69, 9.17) is 9.47 Å². The van der Waals surface area contributed by atoms with Gasteiger partial charge in [0.1, 0.15) is 6.04 Å². The summed E-state index contributed by atoms with van der Waals surface area (Å²) in [6.07, 6.45) is -1.10. The number of carbonyl (C=O) groups excluding carboxylic acids is 1. The lowest BCUT2D eigenvalue weighted by molar-refractivity contribution is -0.268. The summed E-state index contributed by atoms with van der Waals surface area (Å²) in [6.45, 7) is 3.91. The molecule has 1 fully saturated rings. The number of hydrogen-bond donors (Lipinski definition) is 3. The summed E-state index contributed by atoms with van der Waals surface area (Å²) in [6, 6.07) is 29.5. The molecule has 0 aliphatic carbocycles. The Kier molecular flexibility index (Phi) is 11.6. The average molecular weight is 729 g/mol. The lowest BCUT2D eigenvalue weighted by atomic mass is 9.91. The van der Waals surface area contributed by atoms with E-state index in [0.717, 1.165) is 27.8 Å². The van der Waals surface area contributed by atoms with E-state index in [-0.39, 0.29) is 36.0 Å². The number of tetrazole rings is 1. The Morgan fingerprint density at radius 2 is 1.61 bits per heavy atom. The zero-order chi connectivity index (χ0) is 36.0. The van der Waals surface area contributed by atoms with Crippen LogP contribution >= 0.6 is 11.8 Å². The van der Waals surface area contributed by atoms with Crippen LogP contribution in [0.15, 0.2) is 113 Å². The molecule has 14 heteroatoms. The minimum absolute atomic E-state index is 0.0290. The molecule has 5 atom stereocenters. The van der Waals surface area contributed by atoms with Crippen LogP contribution in [0.5, 0.6) is 0 Å². The van der Waals surface area contributed by atoms with Crippen molar-refractivity contribution in [2.45, 2.75) is 61.5 Å². The van der Waals surface area contributed by atoms with Crippen LogP contribution in [0.25, 0.3) is 0 Å². The van der Waals surface area contributed by atoms with Gasteiger partial charge in [-0.25, -0.2) is 13.1 Å². The number of thioether (sulfide) groups is 1. The molecule has 1 aromatic heterocycles. The van der Waals surface area contributed by atoms with E-state index in [0.29, 0.717) is 16.6 Å². The molecule has 1 saturated heterocycles. The van der Waals surface area contributed by atoms with Crippen molar-refractivity contribution in [1.82, 2.24) is 24.9 Å². The van der Waals surface area contributed by atoms with Crippen LogP contribution in [-0.4, -0.2) is 57.5 Å². The van der Waals surface area contributed by atoms with Gasteiger partial charge in [0.15, 0.2) is 6.29 Å². The van der Waals surface area contributed by atoms with Gasteiger partial charge in [-0.2, -0.15) is 4.72 Å². The maximum Gasteiger partial charge on any atom is 0.242 e. The van der Waals surface area contributed by atoms with Crippen molar-refractivity contribution in [2.24, 2.45) is 13.0 Å². The van der Waals surface area contributed by atoms with Crippen LogP contribution in [0.3, 0.4) is 0 Å². The number of ether oxygens (including phenoxy) is 2. The number of sulfonamides is 1. The van der Waals surface area contributed by atoms with E-state index >= 15 is 0 Å². The highest BCUT2D eigenvalue weighted by Crippen LogP contribution is 2.43. The second-order valence-electron chi connectivity index (χ2n) is 12.5. The first-order chi connectivity index (χ1) is 24.6. The zero-order valence-corrected chi connectivity index (χ0v) is 30.0. The summed E-state index contributed by atoms with van der Waals surface area (Å²) >= 11 is 1.50. The fourth-order valence-electron chi connectivity index (χ4n) is 5.77. The summed E-state index contributed by atoms with van der Waals surface area (Å²) in [7, 11) is -2.20. The fraction of sp³-hybridized carbons (Fsp3) is 0.297. The highest BCUT2D eigenvalue weighted by Gasteiger charge is 2.38. The number of amides is 1. The number of anilines is 1. The van der Waals surface area contributed by atoms with Crippen molar-refractivity contribution in [1.29, 1.82) is 0 Å². The third-order valence-electron chi connectivity index (χ3n) is 8.76. The van der Waals surface area contributed by atoms with Crippen molar-refractivity contribution in [3.8, 4) is 0 Å². The summed E-state index contributed by atoms with van der Waals surface area (Å²) < 4.78 is 44.0. The molecule has 0 bridgehead atoms. The second kappa shape index (κ2) is 16.3. The summed E-state index contributed by atoms with van der Waals surface area (Å²) in [5.74, 6) is 0.0531. The molecule has 1 aliphatic rings. The van der Waals surface area contributed by atoms with E-state index in [2.05, 4.69) is 32.5 Å². The van der Waals surface area contributed by atoms with Gasteiger partial charge in [-0.1, -0.05) is 103 Å². The molecule has 5 unspecified atom stereocenters. The highest BCUT2D eigenvalue weighted by atomic mass is 32.2. The molecule has 266 valence electrons. The van der Waals surface area contributed by atoms with Gasteiger partial charge in [0.25, 0.3) is 0 Å². The van der Waals surface area contributed by atoms with E-state index in [1.165, 1.54) is 23.9 Å². The standard InChI is InChI=1S/C37H40N6O6S2/c1-24-9-19-31(20-10-24)51(46,47)40-32(21-26-7-5-4-6-8-26)35(45)38-30-17-15-29(16-18-30)36-48-33(23-50-37-39-41-42-43(37)3)25(2)34(49-36)28-13-11-27(22-44)12-14-28/h4-20,25,32-34,36,40,44H,21-23H2,1-3H3,(H,38,45). The number of carbonyl (C=O) groups is 1. The second-order valence-corrected chi connectivity index (χ2v) is 15.2. The van der Waals surface area contributed by atoms with Crippen molar-refractivity contribution < 1.29 is 27.8 Å². The Balaban J connectivity index is 1.19. The SMILES string of the molecule is Cc1ccc(S(=O)(=O)NC(Cc2ccccc2)C(=O)Nc2ccc(C3OC(CSc4nnnn4C)C(C)C(c4ccc(CO)cc4)O3)cc2)cc1. The predicted molar refractivity (Wildman–Crippen MR) is 193 cm³/mol. The number of benzene rings is 4. The Labute approximate surface area is 301 Å². The van der Waals surface area contributed by atoms with Crippen LogP contribution < -0.4 is 10.0 Å². The van der Waals surface area contributed by atoms with Gasteiger partial charge in [-0.3, -0.25) is 4.79 Å². The molecule has 6 rings (SSSR count). The van der Waals surface area contributed by atoms with Crippen LogP contribution in [0.4, 0.5) is 5.69 Å². The van der Waals surface area contributed by atoms with Crippen molar-refractivity contribution in [2.75, 3.05) is 11.1 Å². The molecule has 12 nitrogen and oxygen atoms in total. The van der Waals surface area contributed by atoms with Crippen molar-refractivity contribution >= 4 is 33.4 Å². The molecule has 51 heavy (non-hydrogen) atoms. The number of nitrogens with one attached hydrogen (secondary N) is 2. The van der Waals surface area contributed by atoms with Gasteiger partial charge in [0.05, 0.1) is 23.7 Å². The van der Waals surface area contributed by atoms with Gasteiger partial charge >= 0.3 is 0 Å². The normalized spacial score (nSPS) is 19.8. The number of aliphatic hydroxyl groups is 1. The van der Waals surface area contributed by atoms with Gasteiger partial charge in [-0.05, 0) is 64.7 Å². The van der Waals surface area contributed by atoms with E-state index in [1.54, 1.807) is 36.0 Å². The average Bonchev–Trinajstić information content (AvgIpc) is 3.56. The largest absolute Gasteiger partial charge is 0.392 e. The topological polar surface area (TPSA) is 158 Å². The third-order valence-corrected chi connectivity index (χ3v) is 11.3. The van der Waals surface area contributed by atoms with E-state index in [1.807, 2.05) is 73.7 Å². The van der Waals surface area contributed by atoms with Crippen molar-refractivity contribution in [3.05, 3.63) is 131 Å². The van der Waals surface area contributed by atoms with E-state index in [9.17, 15) is 18.3 Å². The monoisotopic (exact) mass is 728 g/mol. The third kappa shape index (κ3) is 9.08. The Morgan fingerprint density at radius 3 is 2.25 bits per heavy atom. The number of aryl methyl sites for hydroxylation is 2. The Bertz CT molecular complexity index is 2010. The zero-order valence-electron chi connectivity index (χ0n) is 28.4. The number of hydrogen-bond acceptors (Lipinski definition) is 10. The Morgan fingerprint density at radius 1 is 0.922 bits per heavy atom. The first-order valence-corrected chi connectivity index (χ1v) is 19.0. The van der Waals surface area contributed by atoms with Crippen LogP contribution in [-0.2, 0) is 44.4 Å². The minimum atomic E-state index is -3.99. The quantitative estimate of drug-likeness (QED) is 0.139. The van der Waals surface area contributed by atoms with Gasteiger partial charge in [0, 0.05) is 30.0 Å². The number of aromatic nitrogens is 4. The molecular weight excluding hydrogens is 689 g/mol. The fourth-order valence-corrected chi connectivity index (χ4v) is 7.98. The van der Waals surface area contributed by atoms with E-state index < -0.39 is 28.3 Å². The molecule has 1 amide bonds. The van der Waals surface area contributed by atoms with Crippen LogP contribution in [0, 0.1) is 12.8 Å². The van der Waals surface area contributed by atoms with Gasteiger partial charge < -0.3 is 19.9 Å². The van der Waals surface area contributed by atoms with Crippen LogP contribution in [0.1, 0.15) is 47.1 Å². The van der Waals surface area contributed by atoms with Gasteiger partial charge in [0.2, 0.25) is 21.1 Å². The summed E-state index contributed by atoms with van der Waals surface area (Å²) in [5.41, 5.74) is 4.74. The number of nitrogens with zero attached hydrogens (tertiary/aromatic N) is 4. The molecule has 0 spiro atoms. The molecule has 0 radical (unpaired) electrons. The molecular formula is C37H40N6O6S2. The molecule has 1 aliphatic heterocycles. The number of aliphatic hydroxyl groups excluding tert-OH is 1.